The minimum atomic E-state index is 0.287. The van der Waals surface area contributed by atoms with Gasteiger partial charge in [0.2, 0.25) is 0 Å². The van der Waals surface area contributed by atoms with E-state index in [1.807, 2.05) is 0 Å². The highest BCUT2D eigenvalue weighted by molar-refractivity contribution is 5.40. The molecule has 0 saturated carbocycles. The quantitative estimate of drug-likeness (QED) is 0.612. The lowest BCUT2D eigenvalue weighted by Crippen LogP contribution is -2.30. The van der Waals surface area contributed by atoms with Gasteiger partial charge in [0.1, 0.15) is 11.9 Å². The molecule has 1 aliphatic heterocycles. The van der Waals surface area contributed by atoms with Gasteiger partial charge in [-0.3, -0.25) is 0 Å². The van der Waals surface area contributed by atoms with Crippen LogP contribution < -0.4 is 10.1 Å². The fourth-order valence-corrected chi connectivity index (χ4v) is 2.30. The summed E-state index contributed by atoms with van der Waals surface area (Å²) in [4.78, 5) is 0. The van der Waals surface area contributed by atoms with Gasteiger partial charge in [0.15, 0.2) is 0 Å². The molecule has 2 rings (SSSR count). The maximum absolute atomic E-state index is 5.89. The molecule has 0 amide bonds. The Bertz CT molecular complexity index is 433. The lowest BCUT2D eigenvalue weighted by atomic mass is 10.1. The number of benzene rings is 1. The Morgan fingerprint density at radius 3 is 3.17 bits per heavy atom. The van der Waals surface area contributed by atoms with E-state index in [-0.39, 0.29) is 6.10 Å². The molecule has 2 nitrogen and oxygen atoms in total. The molecular weight excluding hydrogens is 222 g/mol. The van der Waals surface area contributed by atoms with Crippen molar-refractivity contribution in [1.82, 2.24) is 5.32 Å². The van der Waals surface area contributed by atoms with Crippen LogP contribution in [0.3, 0.4) is 0 Å². The minimum absolute atomic E-state index is 0.287. The standard InChI is InChI=1S/C16H21NO/c1-3-4-5-6-9-17-12-15-11-14-10-13(2)7-8-16(14)18-15/h1,7-8,10,15,17H,4-6,9,11-12H2,2H3. The normalized spacial score (nSPS) is 17.0. The van der Waals surface area contributed by atoms with E-state index in [4.69, 9.17) is 11.2 Å². The molecule has 1 aliphatic rings. The first kappa shape index (κ1) is 13.0. The van der Waals surface area contributed by atoms with Gasteiger partial charge >= 0.3 is 0 Å². The maximum Gasteiger partial charge on any atom is 0.123 e. The van der Waals surface area contributed by atoms with E-state index < -0.39 is 0 Å². The zero-order chi connectivity index (χ0) is 12.8. The summed E-state index contributed by atoms with van der Waals surface area (Å²) in [5.74, 6) is 3.72. The van der Waals surface area contributed by atoms with Crippen LogP contribution in [-0.2, 0) is 6.42 Å². The van der Waals surface area contributed by atoms with Crippen molar-refractivity contribution in [2.45, 2.75) is 38.7 Å². The molecule has 0 aliphatic carbocycles. The van der Waals surface area contributed by atoms with E-state index in [0.29, 0.717) is 0 Å². The van der Waals surface area contributed by atoms with Gasteiger partial charge in [-0.2, -0.15) is 0 Å². The second kappa shape index (κ2) is 6.47. The molecule has 0 spiro atoms. The average molecular weight is 243 g/mol. The Balaban J connectivity index is 1.67. The van der Waals surface area contributed by atoms with Crippen LogP contribution in [0.4, 0.5) is 0 Å². The highest BCUT2D eigenvalue weighted by atomic mass is 16.5. The molecule has 18 heavy (non-hydrogen) atoms. The number of terminal acetylenes is 1. The second-order valence-electron chi connectivity index (χ2n) is 4.92. The van der Waals surface area contributed by atoms with Crippen molar-refractivity contribution in [3.8, 4) is 18.1 Å². The summed E-state index contributed by atoms with van der Waals surface area (Å²) in [5.41, 5.74) is 2.65. The van der Waals surface area contributed by atoms with Gasteiger partial charge in [-0.15, -0.1) is 12.3 Å². The summed E-state index contributed by atoms with van der Waals surface area (Å²) in [5, 5.41) is 3.44. The summed E-state index contributed by atoms with van der Waals surface area (Å²) < 4.78 is 5.89. The van der Waals surface area contributed by atoms with Crippen molar-refractivity contribution in [3.05, 3.63) is 29.3 Å². The molecule has 0 aromatic heterocycles. The topological polar surface area (TPSA) is 21.3 Å². The highest BCUT2D eigenvalue weighted by Gasteiger charge is 2.21. The van der Waals surface area contributed by atoms with Crippen molar-refractivity contribution in [3.63, 3.8) is 0 Å². The van der Waals surface area contributed by atoms with Crippen LogP contribution in [-0.4, -0.2) is 19.2 Å². The second-order valence-corrected chi connectivity index (χ2v) is 4.92. The van der Waals surface area contributed by atoms with Gasteiger partial charge in [0, 0.05) is 19.4 Å². The van der Waals surface area contributed by atoms with Crippen LogP contribution in [0.1, 0.15) is 30.4 Å². The van der Waals surface area contributed by atoms with E-state index in [1.54, 1.807) is 0 Å². The molecule has 1 aromatic rings. The number of unbranched alkanes of at least 4 members (excludes halogenated alkanes) is 2. The average Bonchev–Trinajstić information content (AvgIpc) is 2.75. The first-order chi connectivity index (χ1) is 8.79. The Hall–Kier alpha value is -1.46. The van der Waals surface area contributed by atoms with Crippen molar-refractivity contribution in [1.29, 1.82) is 0 Å². The molecule has 0 saturated heterocycles. The van der Waals surface area contributed by atoms with Gasteiger partial charge in [-0.25, -0.2) is 0 Å². The van der Waals surface area contributed by atoms with E-state index in [9.17, 15) is 0 Å². The van der Waals surface area contributed by atoms with Crippen LogP contribution in [0.25, 0.3) is 0 Å². The van der Waals surface area contributed by atoms with E-state index in [0.717, 1.165) is 44.5 Å². The largest absolute Gasteiger partial charge is 0.488 e. The smallest absolute Gasteiger partial charge is 0.123 e. The summed E-state index contributed by atoms with van der Waals surface area (Å²) in [6.45, 7) is 4.07. The molecule has 1 heterocycles. The zero-order valence-electron chi connectivity index (χ0n) is 11.0. The Kier molecular flexibility index (Phi) is 4.66. The molecular formula is C16H21NO. The van der Waals surface area contributed by atoms with Gasteiger partial charge in [-0.1, -0.05) is 17.7 Å². The van der Waals surface area contributed by atoms with Gasteiger partial charge < -0.3 is 10.1 Å². The Labute approximate surface area is 110 Å². The third-order valence-electron chi connectivity index (χ3n) is 3.25. The molecule has 96 valence electrons. The molecule has 0 radical (unpaired) electrons. The van der Waals surface area contributed by atoms with E-state index >= 15 is 0 Å². The van der Waals surface area contributed by atoms with Crippen LogP contribution in [0.5, 0.6) is 5.75 Å². The van der Waals surface area contributed by atoms with E-state index in [2.05, 4.69) is 36.4 Å². The molecule has 1 unspecified atom stereocenters. The minimum Gasteiger partial charge on any atom is -0.488 e. The van der Waals surface area contributed by atoms with Crippen LogP contribution in [0.2, 0.25) is 0 Å². The zero-order valence-corrected chi connectivity index (χ0v) is 11.0. The summed E-state index contributed by atoms with van der Waals surface area (Å²) in [6, 6.07) is 6.41. The van der Waals surface area contributed by atoms with E-state index in [1.165, 1.54) is 11.1 Å². The van der Waals surface area contributed by atoms with Crippen molar-refractivity contribution in [2.75, 3.05) is 13.1 Å². The third kappa shape index (κ3) is 3.51. The molecule has 1 aromatic carbocycles. The lowest BCUT2D eigenvalue weighted by Gasteiger charge is -2.11. The van der Waals surface area contributed by atoms with Crippen LogP contribution in [0.15, 0.2) is 18.2 Å². The number of nitrogens with one attached hydrogen (secondary N) is 1. The Morgan fingerprint density at radius 1 is 1.44 bits per heavy atom. The molecule has 0 bridgehead atoms. The number of fused-ring (bicyclic) bond motifs is 1. The first-order valence-corrected chi connectivity index (χ1v) is 6.70. The number of hydrogen-bond acceptors (Lipinski definition) is 2. The van der Waals surface area contributed by atoms with Gasteiger partial charge in [-0.05, 0) is 37.9 Å². The van der Waals surface area contributed by atoms with Gasteiger partial charge in [0.05, 0.1) is 0 Å². The summed E-state index contributed by atoms with van der Waals surface area (Å²) >= 11 is 0. The monoisotopic (exact) mass is 243 g/mol. The summed E-state index contributed by atoms with van der Waals surface area (Å²) in [6.07, 6.45) is 9.65. The van der Waals surface area contributed by atoms with Crippen LogP contribution >= 0.6 is 0 Å². The van der Waals surface area contributed by atoms with Crippen molar-refractivity contribution >= 4 is 0 Å². The number of rotatable bonds is 6. The predicted octanol–water partition coefficient (Wildman–Crippen LogP) is 2.69. The van der Waals surface area contributed by atoms with Crippen LogP contribution in [0, 0.1) is 19.3 Å². The van der Waals surface area contributed by atoms with Crippen molar-refractivity contribution in [2.24, 2.45) is 0 Å². The number of hydrogen-bond donors (Lipinski definition) is 1. The fraction of sp³-hybridized carbons (Fsp3) is 0.500. The maximum atomic E-state index is 5.89. The third-order valence-corrected chi connectivity index (χ3v) is 3.25. The van der Waals surface area contributed by atoms with Gasteiger partial charge in [0.25, 0.3) is 0 Å². The molecule has 2 heteroatoms. The first-order valence-electron chi connectivity index (χ1n) is 6.70. The molecule has 0 fully saturated rings. The summed E-state index contributed by atoms with van der Waals surface area (Å²) in [7, 11) is 0. The Morgan fingerprint density at radius 2 is 2.33 bits per heavy atom. The highest BCUT2D eigenvalue weighted by Crippen LogP contribution is 2.29. The number of ether oxygens (including phenoxy) is 1. The predicted molar refractivity (Wildman–Crippen MR) is 74.9 cm³/mol. The molecule has 1 atom stereocenters. The fourth-order valence-electron chi connectivity index (χ4n) is 2.30. The van der Waals surface area contributed by atoms with Crippen molar-refractivity contribution < 1.29 is 4.74 Å². The lowest BCUT2D eigenvalue weighted by molar-refractivity contribution is 0.227. The SMILES string of the molecule is C#CCCCCNCC1Cc2cc(C)ccc2O1. The number of aryl methyl sites for hydroxylation is 1. The molecule has 1 N–H and O–H groups in total.